The van der Waals surface area contributed by atoms with Gasteiger partial charge in [-0.2, -0.15) is 0 Å². The van der Waals surface area contributed by atoms with Gasteiger partial charge in [0.25, 0.3) is 0 Å². The second-order valence-electron chi connectivity index (χ2n) is 5.77. The molecule has 1 aliphatic rings. The number of hydrogen-bond acceptors (Lipinski definition) is 5. The Morgan fingerprint density at radius 2 is 1.78 bits per heavy atom. The molecule has 0 spiro atoms. The van der Waals surface area contributed by atoms with E-state index in [1.54, 1.807) is 36.7 Å². The van der Waals surface area contributed by atoms with Crippen molar-refractivity contribution in [2.24, 2.45) is 0 Å². The molecule has 0 unspecified atom stereocenters. The third-order valence-electron chi connectivity index (χ3n) is 3.94. The van der Waals surface area contributed by atoms with Gasteiger partial charge in [-0.05, 0) is 60.2 Å². The van der Waals surface area contributed by atoms with Crippen molar-refractivity contribution in [3.05, 3.63) is 95.3 Å². The van der Waals surface area contributed by atoms with Gasteiger partial charge in [0.05, 0.1) is 11.1 Å². The van der Waals surface area contributed by atoms with E-state index in [-0.39, 0.29) is 22.9 Å². The lowest BCUT2D eigenvalue weighted by Gasteiger charge is -2.05. The van der Waals surface area contributed by atoms with Gasteiger partial charge in [0.15, 0.2) is 5.76 Å². The van der Waals surface area contributed by atoms with Gasteiger partial charge in [0, 0.05) is 18.5 Å². The molecule has 27 heavy (non-hydrogen) atoms. The molecule has 0 N–H and O–H groups in total. The molecule has 3 aromatic rings. The minimum atomic E-state index is -0.633. The summed E-state index contributed by atoms with van der Waals surface area (Å²) in [6.07, 6.45) is 4.85. The molecule has 5 nitrogen and oxygen atoms in total. The number of fused-ring (bicyclic) bond motifs is 1. The molecule has 0 saturated heterocycles. The first-order valence-electron chi connectivity index (χ1n) is 8.06. The van der Waals surface area contributed by atoms with Crippen molar-refractivity contribution in [2.45, 2.75) is 0 Å². The summed E-state index contributed by atoms with van der Waals surface area (Å²) in [5.74, 6) is -0.612. The molecule has 0 saturated carbocycles. The molecule has 1 aliphatic heterocycles. The summed E-state index contributed by atoms with van der Waals surface area (Å²) in [6.45, 7) is 0. The number of aromatic nitrogens is 1. The number of benzene rings is 2. The van der Waals surface area contributed by atoms with Gasteiger partial charge in [-0.25, -0.2) is 9.18 Å². The smallest absolute Gasteiger partial charge is 0.343 e. The Labute approximate surface area is 153 Å². The summed E-state index contributed by atoms with van der Waals surface area (Å²) in [5, 5.41) is 0. The number of Topliss-reactive ketones (excluding diaryl/α,β-unsaturated/α-hetero) is 1. The van der Waals surface area contributed by atoms with Gasteiger partial charge < -0.3 is 9.47 Å². The average molecular weight is 361 g/mol. The van der Waals surface area contributed by atoms with Crippen molar-refractivity contribution < 1.29 is 23.5 Å². The number of esters is 1. The highest BCUT2D eigenvalue weighted by Crippen LogP contribution is 2.35. The van der Waals surface area contributed by atoms with E-state index in [4.69, 9.17) is 9.47 Å². The second kappa shape index (κ2) is 6.84. The van der Waals surface area contributed by atoms with Crippen LogP contribution in [0.15, 0.2) is 72.8 Å². The topological polar surface area (TPSA) is 65.5 Å². The highest BCUT2D eigenvalue weighted by molar-refractivity contribution is 6.14. The van der Waals surface area contributed by atoms with E-state index in [1.165, 1.54) is 36.4 Å². The molecule has 0 fully saturated rings. The fraction of sp³-hybridized carbons (Fsp3) is 0. The molecular formula is C21H12FNO4. The van der Waals surface area contributed by atoms with E-state index in [9.17, 15) is 14.0 Å². The minimum absolute atomic E-state index is 0.179. The van der Waals surface area contributed by atoms with Crippen molar-refractivity contribution in [1.82, 2.24) is 4.98 Å². The van der Waals surface area contributed by atoms with Gasteiger partial charge in [-0.3, -0.25) is 9.78 Å². The Morgan fingerprint density at radius 3 is 2.52 bits per heavy atom. The first kappa shape index (κ1) is 16.7. The first-order valence-corrected chi connectivity index (χ1v) is 8.06. The molecule has 0 radical (unpaired) electrons. The third-order valence-corrected chi connectivity index (χ3v) is 3.94. The summed E-state index contributed by atoms with van der Waals surface area (Å²) in [5.41, 5.74) is 1.38. The molecule has 1 aromatic heterocycles. The van der Waals surface area contributed by atoms with Crippen LogP contribution in [0.1, 0.15) is 26.3 Å². The lowest BCUT2D eigenvalue weighted by molar-refractivity contribution is 0.0734. The minimum Gasteiger partial charge on any atom is -0.452 e. The van der Waals surface area contributed by atoms with Crippen molar-refractivity contribution in [2.75, 3.05) is 0 Å². The highest BCUT2D eigenvalue weighted by atomic mass is 19.1. The number of pyridine rings is 1. The maximum absolute atomic E-state index is 12.9. The maximum Gasteiger partial charge on any atom is 0.343 e. The molecule has 4 rings (SSSR count). The summed E-state index contributed by atoms with van der Waals surface area (Å²) >= 11 is 0. The van der Waals surface area contributed by atoms with Gasteiger partial charge in [0.1, 0.15) is 17.3 Å². The van der Waals surface area contributed by atoms with Crippen LogP contribution in [0.3, 0.4) is 0 Å². The molecule has 0 atom stereocenters. The van der Waals surface area contributed by atoms with Crippen LogP contribution in [-0.2, 0) is 0 Å². The number of carbonyl (C=O) groups is 2. The molecule has 0 bridgehead atoms. The number of hydrogen-bond donors (Lipinski definition) is 0. The molecule has 2 aromatic carbocycles. The predicted molar refractivity (Wildman–Crippen MR) is 95.0 cm³/mol. The number of nitrogens with zero attached hydrogens (tertiary/aromatic N) is 1. The van der Waals surface area contributed by atoms with Crippen molar-refractivity contribution >= 4 is 17.8 Å². The van der Waals surface area contributed by atoms with Crippen LogP contribution in [0.2, 0.25) is 0 Å². The zero-order valence-corrected chi connectivity index (χ0v) is 13.9. The van der Waals surface area contributed by atoms with Crippen molar-refractivity contribution in [3.63, 3.8) is 0 Å². The number of halogens is 1. The average Bonchev–Trinajstić information content (AvgIpc) is 2.98. The zero-order chi connectivity index (χ0) is 18.8. The molecule has 2 heterocycles. The Bertz CT molecular complexity index is 1060. The van der Waals surface area contributed by atoms with Crippen molar-refractivity contribution in [3.8, 4) is 11.5 Å². The normalized spacial score (nSPS) is 14.0. The lowest BCUT2D eigenvalue weighted by atomic mass is 10.1. The number of ether oxygens (including phenoxy) is 2. The van der Waals surface area contributed by atoms with Crippen LogP contribution in [-0.4, -0.2) is 16.7 Å². The summed E-state index contributed by atoms with van der Waals surface area (Å²) in [6, 6.07) is 13.1. The molecule has 0 amide bonds. The Kier molecular flexibility index (Phi) is 4.22. The van der Waals surface area contributed by atoms with Crippen LogP contribution in [0, 0.1) is 5.82 Å². The SMILES string of the molecule is O=C(Oc1ccc2c(c1)O/C(=C\c1ccncc1)C2=O)c1ccc(F)cc1. The van der Waals surface area contributed by atoms with E-state index in [1.807, 2.05) is 0 Å². The van der Waals surface area contributed by atoms with Gasteiger partial charge in [-0.1, -0.05) is 0 Å². The maximum atomic E-state index is 12.9. The Balaban J connectivity index is 1.55. The van der Waals surface area contributed by atoms with Crippen LogP contribution >= 0.6 is 0 Å². The Morgan fingerprint density at radius 1 is 1.04 bits per heavy atom. The first-order chi connectivity index (χ1) is 13.1. The quantitative estimate of drug-likeness (QED) is 0.400. The van der Waals surface area contributed by atoms with E-state index in [2.05, 4.69) is 4.98 Å². The third kappa shape index (κ3) is 3.46. The van der Waals surface area contributed by atoms with E-state index in [0.717, 1.165) is 5.56 Å². The second-order valence-corrected chi connectivity index (χ2v) is 5.77. The summed E-state index contributed by atoms with van der Waals surface area (Å²) in [4.78, 5) is 28.5. The van der Waals surface area contributed by atoms with Crippen molar-refractivity contribution in [1.29, 1.82) is 0 Å². The lowest BCUT2D eigenvalue weighted by Crippen LogP contribution is -2.08. The van der Waals surface area contributed by atoms with Gasteiger partial charge >= 0.3 is 5.97 Å². The van der Waals surface area contributed by atoms with Crippen LogP contribution < -0.4 is 9.47 Å². The van der Waals surface area contributed by atoms with Crippen LogP contribution in [0.5, 0.6) is 11.5 Å². The van der Waals surface area contributed by atoms with Gasteiger partial charge in [0.2, 0.25) is 5.78 Å². The molecule has 132 valence electrons. The number of carbonyl (C=O) groups excluding carboxylic acids is 2. The highest BCUT2D eigenvalue weighted by Gasteiger charge is 2.28. The largest absolute Gasteiger partial charge is 0.452 e. The van der Waals surface area contributed by atoms with Crippen LogP contribution in [0.4, 0.5) is 4.39 Å². The molecule has 0 aliphatic carbocycles. The predicted octanol–water partition coefficient (Wildman–Crippen LogP) is 4.06. The number of allylic oxidation sites excluding steroid dienone is 1. The van der Waals surface area contributed by atoms with E-state index in [0.29, 0.717) is 11.3 Å². The molecular weight excluding hydrogens is 349 g/mol. The summed E-state index contributed by atoms with van der Waals surface area (Å²) in [7, 11) is 0. The zero-order valence-electron chi connectivity index (χ0n) is 13.9. The van der Waals surface area contributed by atoms with E-state index >= 15 is 0 Å². The fourth-order valence-corrected chi connectivity index (χ4v) is 2.59. The number of ketones is 1. The Hall–Kier alpha value is -3.80. The standard InChI is InChI=1S/C21H12FNO4/c22-15-3-1-14(2-4-15)21(25)26-16-5-6-17-18(12-16)27-19(20(17)24)11-13-7-9-23-10-8-13/h1-12H/b19-11-. The van der Waals surface area contributed by atoms with Crippen LogP contribution in [0.25, 0.3) is 6.08 Å². The van der Waals surface area contributed by atoms with E-state index < -0.39 is 11.8 Å². The number of rotatable bonds is 3. The fourth-order valence-electron chi connectivity index (χ4n) is 2.59. The van der Waals surface area contributed by atoms with Gasteiger partial charge in [-0.15, -0.1) is 0 Å². The molecule has 6 heteroatoms. The monoisotopic (exact) mass is 361 g/mol. The summed E-state index contributed by atoms with van der Waals surface area (Å²) < 4.78 is 23.8.